The van der Waals surface area contributed by atoms with Crippen LogP contribution in [0.5, 0.6) is 0 Å². The number of alkyl halides is 3. The van der Waals surface area contributed by atoms with E-state index < -0.39 is 113 Å². The first-order chi connectivity index (χ1) is 49.0. The number of carbonyl (C=O) groups is 5. The first-order valence-corrected chi connectivity index (χ1v) is 51.8. The molecule has 0 spiro atoms. The van der Waals surface area contributed by atoms with Crippen LogP contribution in [-0.2, 0) is 28.4 Å². The normalized spacial score (nSPS) is 33.2. The van der Waals surface area contributed by atoms with Crippen LogP contribution in [0.2, 0.25) is 0 Å². The van der Waals surface area contributed by atoms with E-state index in [0.717, 1.165) is 67.6 Å². The number of aliphatic hydroxyl groups is 5. The molecule has 15 N–H and O–H groups in total. The van der Waals surface area contributed by atoms with Crippen LogP contribution in [0.15, 0.2) is 120 Å². The highest BCUT2D eigenvalue weighted by Crippen LogP contribution is 2.46. The van der Waals surface area contributed by atoms with Crippen molar-refractivity contribution >= 4 is 130 Å². The molecule has 0 aliphatic carbocycles. The second-order valence-electron chi connectivity index (χ2n) is 31.4. The standard InChI is InChI=1S/C15H25N2O4P.C15H25N2O3P.C14H22ClN2O3P.C14H22FN2O3P.C14H22IN2O3P/c1-9-10(8-16-15(19)17-9)13-14(20-2)12(18)11(21-13)6-7-22(3,4)5;1-9-13(18)12(6-7-21(3,4)5)20-14(9)11-8-16-15(19)17-10(11)2;3*1-8-9(7-16-14(19)17-8)13-11(15)12(18)10(20-13)5-6-21(2,3)4/h8,11-14,18H,1,3,6-7H2,2,4-5H3,(H2,16,17,19);8-9,12-14,18H,2-3,6-7H2,1,4-5H3,(H2,16,17,19);3*7,10-13,18H,1-2,5-6H2,3-4H3,(H2,16,17,19)/t11-,12-,13+,14-;9-,12-,13+,14-;3*10-,11-,12-,13+/m11111/s1. The van der Waals surface area contributed by atoms with Crippen LogP contribution in [0.25, 0.3) is 0 Å². The Morgan fingerprint density at radius 2 is 0.670 bits per heavy atom. The molecular formula is C72H116ClFIN10O16P5. The van der Waals surface area contributed by atoms with Gasteiger partial charge in [0.25, 0.3) is 0 Å². The van der Waals surface area contributed by atoms with E-state index in [1.165, 1.54) is 12.4 Å². The number of halogens is 3. The van der Waals surface area contributed by atoms with Gasteiger partial charge in [-0.1, -0.05) is 62.4 Å². The molecule has 5 saturated heterocycles. The van der Waals surface area contributed by atoms with Gasteiger partial charge < -0.3 is 107 Å². The highest BCUT2D eigenvalue weighted by molar-refractivity contribution is 14.1. The maximum Gasteiger partial charge on any atom is 0.323 e. The third-order valence-electron chi connectivity index (χ3n) is 18.8. The molecule has 10 aliphatic heterocycles. The smallest absolute Gasteiger partial charge is 0.323 e. The van der Waals surface area contributed by atoms with Crippen LogP contribution in [0.4, 0.5) is 28.4 Å². The van der Waals surface area contributed by atoms with E-state index in [1.807, 2.05) is 6.92 Å². The van der Waals surface area contributed by atoms with Gasteiger partial charge in [0, 0.05) is 100 Å². The lowest BCUT2D eigenvalue weighted by Crippen LogP contribution is -2.42. The van der Waals surface area contributed by atoms with E-state index in [0.29, 0.717) is 51.6 Å². The minimum Gasteiger partial charge on any atom is -0.390 e. The van der Waals surface area contributed by atoms with Gasteiger partial charge in [-0.25, -0.2) is 28.4 Å². The van der Waals surface area contributed by atoms with E-state index in [1.54, 1.807) is 25.7 Å². The van der Waals surface area contributed by atoms with Crippen LogP contribution in [0.3, 0.4) is 0 Å². The molecule has 0 aromatic carbocycles. The summed E-state index contributed by atoms with van der Waals surface area (Å²) in [6.45, 7) is 36.6. The molecule has 10 heterocycles. The van der Waals surface area contributed by atoms with E-state index in [-0.39, 0.29) is 70.6 Å². The summed E-state index contributed by atoms with van der Waals surface area (Å²) in [4.78, 5) is 56.1. The molecule has 10 amide bonds. The summed E-state index contributed by atoms with van der Waals surface area (Å²) >= 11 is 8.51. The zero-order valence-corrected chi connectivity index (χ0v) is 70.6. The minimum absolute atomic E-state index is 0.0407. The zero-order valence-electron chi connectivity index (χ0n) is 63.2. The summed E-state index contributed by atoms with van der Waals surface area (Å²) in [6.07, 6.45) is 27.2. The number of urea groups is 5. The Bertz CT molecular complexity index is 3370. The largest absolute Gasteiger partial charge is 0.390 e. The fraction of sp³-hybridized carbons (Fsp3) is 0.583. The Morgan fingerprint density at radius 1 is 0.415 bits per heavy atom. The Labute approximate surface area is 644 Å². The van der Waals surface area contributed by atoms with Gasteiger partial charge >= 0.3 is 30.2 Å². The lowest BCUT2D eigenvalue weighted by atomic mass is 9.92. The van der Waals surface area contributed by atoms with E-state index in [2.05, 4.69) is 207 Å². The molecule has 20 atom stereocenters. The number of nitrogens with one attached hydrogen (secondary N) is 10. The maximum atomic E-state index is 14.3. The number of hydrogen-bond donors (Lipinski definition) is 15. The van der Waals surface area contributed by atoms with Crippen molar-refractivity contribution in [3.8, 4) is 0 Å². The lowest BCUT2D eigenvalue weighted by molar-refractivity contribution is 0.000152. The van der Waals surface area contributed by atoms with Crippen LogP contribution < -0.4 is 53.2 Å². The number of methoxy groups -OCH3 is 1. The highest BCUT2D eigenvalue weighted by Gasteiger charge is 2.50. The average molecular weight is 1710 g/mol. The van der Waals surface area contributed by atoms with Crippen molar-refractivity contribution in [3.05, 3.63) is 120 Å². The van der Waals surface area contributed by atoms with Gasteiger partial charge in [0.1, 0.15) is 42.7 Å². The molecule has 10 aliphatic rings. The third kappa shape index (κ3) is 26.2. The van der Waals surface area contributed by atoms with Crippen molar-refractivity contribution in [3.63, 3.8) is 0 Å². The molecule has 0 bridgehead atoms. The SMILES string of the molecule is C=C1NC(=O)NC=C1[C@@H]1O[C@H](CCP(=C)(C)C)[C@@H](O)[C@H]1C.C=C1NC(=O)NC=C1[C@@H]1O[C@H](CCP(=C)(C)C)[C@@H](O)[C@H]1Cl.C=C1NC(=O)NC=C1[C@@H]1O[C@H](CCP(=C)(C)C)[C@@H](O)[C@H]1F.C=C1NC(=O)NC=C1[C@@H]1O[C@H](CCP(=C)(C)C)[C@@H](O)[C@H]1I.C=C1NC(=O)NC=C1[C@@H]1O[C@H](CCP(=C)(C)C)[C@@H](O)[C@H]1OC. The van der Waals surface area contributed by atoms with Crippen molar-refractivity contribution in [1.29, 1.82) is 0 Å². The minimum atomic E-state index is -1.54. The predicted molar refractivity (Wildman–Crippen MR) is 447 cm³/mol. The van der Waals surface area contributed by atoms with Gasteiger partial charge in [0.15, 0.2) is 6.17 Å². The Kier molecular flexibility index (Phi) is 32.8. The van der Waals surface area contributed by atoms with Gasteiger partial charge in [-0.05, 0) is 130 Å². The van der Waals surface area contributed by atoms with Gasteiger partial charge in [-0.3, -0.25) is 0 Å². The second-order valence-corrected chi connectivity index (χ2v) is 55.0. The lowest BCUT2D eigenvalue weighted by Gasteiger charge is -2.25. The van der Waals surface area contributed by atoms with Crippen molar-refractivity contribution in [2.24, 2.45) is 5.92 Å². The Hall–Kier alpha value is -4.24. The monoisotopic (exact) mass is 1710 g/mol. The molecule has 596 valence electrons. The second kappa shape index (κ2) is 38.3. The number of hydrogen-bond acceptors (Lipinski definition) is 16. The van der Waals surface area contributed by atoms with Crippen molar-refractivity contribution < 1.29 is 82.3 Å². The molecule has 0 unspecified atom stereocenters. The van der Waals surface area contributed by atoms with Crippen LogP contribution in [0.1, 0.15) is 39.0 Å². The molecule has 0 saturated carbocycles. The molecule has 0 aromatic rings. The summed E-state index contributed by atoms with van der Waals surface area (Å²) in [7, 11) is 1.54. The molecule has 0 radical (unpaired) electrons. The third-order valence-corrected chi connectivity index (χ3v) is 28.0. The van der Waals surface area contributed by atoms with E-state index in [4.69, 9.17) is 40.0 Å². The highest BCUT2D eigenvalue weighted by atomic mass is 127. The summed E-state index contributed by atoms with van der Waals surface area (Å²) in [5.74, 6) is -0.0407. The number of amides is 10. The molecule has 10 rings (SSSR count). The fourth-order valence-corrected chi connectivity index (χ4v) is 18.8. The molecular weight excluding hydrogens is 1600 g/mol. The van der Waals surface area contributed by atoms with Crippen molar-refractivity contribution in [2.75, 3.05) is 105 Å². The topological polar surface area (TPSA) is 362 Å². The Morgan fingerprint density at radius 3 is 1.01 bits per heavy atom. The average Bonchev–Trinajstić information content (AvgIpc) is 1.68. The first kappa shape index (κ1) is 90.6. The van der Waals surface area contributed by atoms with Gasteiger partial charge in [0.2, 0.25) is 0 Å². The first-order valence-electron chi connectivity index (χ1n) is 34.8. The van der Waals surface area contributed by atoms with Crippen molar-refractivity contribution in [1.82, 2.24) is 53.2 Å². The van der Waals surface area contributed by atoms with Crippen molar-refractivity contribution in [2.45, 2.75) is 152 Å². The number of carbonyl (C=O) groups excluding carboxylic acids is 5. The summed E-state index contributed by atoms with van der Waals surface area (Å²) in [6, 6.07) is -1.68. The summed E-state index contributed by atoms with van der Waals surface area (Å²) in [5.41, 5.74) is 5.65. The summed E-state index contributed by atoms with van der Waals surface area (Å²) < 4.78 is 49.3. The molecule has 5 fully saturated rings. The maximum absolute atomic E-state index is 14.3. The van der Waals surface area contributed by atoms with E-state index >= 15 is 0 Å². The van der Waals surface area contributed by atoms with Crippen LogP contribution >= 0.6 is 68.6 Å². The van der Waals surface area contributed by atoms with Crippen LogP contribution in [0, 0.1) is 5.92 Å². The predicted octanol–water partition coefficient (Wildman–Crippen LogP) is 7.02. The molecule has 34 heteroatoms. The number of rotatable bonds is 21. The molecule has 106 heavy (non-hydrogen) atoms. The zero-order chi connectivity index (χ0) is 79.6. The summed E-state index contributed by atoms with van der Waals surface area (Å²) in [5, 5.41) is 76.6. The van der Waals surface area contributed by atoms with E-state index in [9.17, 15) is 53.9 Å². The van der Waals surface area contributed by atoms with Gasteiger partial charge in [-0.2, -0.15) is 0 Å². The van der Waals surface area contributed by atoms with Gasteiger partial charge in [0.05, 0.1) is 64.2 Å². The van der Waals surface area contributed by atoms with Crippen LogP contribution in [-0.4, -0.2) is 305 Å². The quantitative estimate of drug-likeness (QED) is 0.0312. The fourth-order valence-electron chi connectivity index (χ4n) is 12.7. The molecule has 26 nitrogen and oxygen atoms in total. The van der Waals surface area contributed by atoms with Gasteiger partial charge in [-0.15, -0.1) is 77.5 Å². The Balaban J connectivity index is 0.000000208. The molecule has 0 aromatic heterocycles. The number of ether oxygens (including phenoxy) is 6. The number of aliphatic hydroxyl groups excluding tert-OH is 5.